The van der Waals surface area contributed by atoms with Crippen molar-refractivity contribution in [1.82, 2.24) is 10.5 Å². The number of carbonyl (C=O) groups excluding carboxylic acids is 1. The Hall–Kier alpha value is -1.85. The molecular formula is C11H16N2O4. The maximum absolute atomic E-state index is 11.7. The summed E-state index contributed by atoms with van der Waals surface area (Å²) >= 11 is 0. The Labute approximate surface area is 99.0 Å². The van der Waals surface area contributed by atoms with Crippen molar-refractivity contribution < 1.29 is 19.2 Å². The van der Waals surface area contributed by atoms with Crippen LogP contribution in [0.25, 0.3) is 0 Å². The Bertz CT molecular complexity index is 411. The number of carboxylic acid groups (broad SMARTS) is 1. The van der Waals surface area contributed by atoms with Crippen LogP contribution in [0.1, 0.15) is 36.4 Å². The van der Waals surface area contributed by atoms with Gasteiger partial charge in [0, 0.05) is 0 Å². The van der Waals surface area contributed by atoms with E-state index in [1.807, 2.05) is 13.8 Å². The molecule has 0 saturated heterocycles. The molecule has 94 valence electrons. The van der Waals surface area contributed by atoms with E-state index in [1.165, 1.54) is 6.20 Å². The van der Waals surface area contributed by atoms with Crippen molar-refractivity contribution in [3.05, 3.63) is 17.5 Å². The number of hydrogen-bond acceptors (Lipinski definition) is 4. The van der Waals surface area contributed by atoms with Crippen molar-refractivity contribution in [2.45, 2.75) is 33.2 Å². The molecule has 1 aromatic heterocycles. The Morgan fingerprint density at radius 2 is 2.18 bits per heavy atom. The summed E-state index contributed by atoms with van der Waals surface area (Å²) in [7, 11) is 0. The van der Waals surface area contributed by atoms with Crippen LogP contribution in [0.2, 0.25) is 0 Å². The number of carbonyl (C=O) groups is 2. The van der Waals surface area contributed by atoms with E-state index in [0.29, 0.717) is 12.2 Å². The highest BCUT2D eigenvalue weighted by molar-refractivity contribution is 5.97. The molecule has 1 aromatic rings. The van der Waals surface area contributed by atoms with Crippen LogP contribution in [0.4, 0.5) is 0 Å². The van der Waals surface area contributed by atoms with E-state index >= 15 is 0 Å². The van der Waals surface area contributed by atoms with Crippen LogP contribution in [0.3, 0.4) is 0 Å². The summed E-state index contributed by atoms with van der Waals surface area (Å²) in [5, 5.41) is 14.9. The van der Waals surface area contributed by atoms with Gasteiger partial charge in [-0.3, -0.25) is 4.79 Å². The molecule has 0 aliphatic heterocycles. The predicted molar refractivity (Wildman–Crippen MR) is 59.6 cm³/mol. The highest BCUT2D eigenvalue weighted by Crippen LogP contribution is 2.09. The van der Waals surface area contributed by atoms with Crippen LogP contribution < -0.4 is 5.32 Å². The summed E-state index contributed by atoms with van der Waals surface area (Å²) in [5.41, 5.74) is 0.264. The Kier molecular flexibility index (Phi) is 4.25. The van der Waals surface area contributed by atoms with Crippen LogP contribution in [-0.2, 0) is 4.79 Å². The molecule has 0 fully saturated rings. The standard InChI is InChI=1S/C11H16N2O4/c1-6(2)4-9(11(15)16)13-10(14)8-5-12-17-7(8)3/h5-6,9H,4H2,1-3H3,(H,13,14)(H,15,16). The van der Waals surface area contributed by atoms with Gasteiger partial charge in [-0.2, -0.15) is 0 Å². The van der Waals surface area contributed by atoms with Crippen LogP contribution in [0.15, 0.2) is 10.7 Å². The molecule has 17 heavy (non-hydrogen) atoms. The van der Waals surface area contributed by atoms with Gasteiger partial charge < -0.3 is 14.9 Å². The van der Waals surface area contributed by atoms with E-state index in [0.717, 1.165) is 0 Å². The zero-order valence-electron chi connectivity index (χ0n) is 10.1. The highest BCUT2D eigenvalue weighted by Gasteiger charge is 2.23. The van der Waals surface area contributed by atoms with E-state index in [9.17, 15) is 9.59 Å². The van der Waals surface area contributed by atoms with Crippen molar-refractivity contribution in [3.63, 3.8) is 0 Å². The first-order valence-corrected chi connectivity index (χ1v) is 5.36. The summed E-state index contributed by atoms with van der Waals surface area (Å²) in [6.45, 7) is 5.39. The SMILES string of the molecule is Cc1oncc1C(=O)NC(CC(C)C)C(=O)O. The number of aryl methyl sites for hydroxylation is 1. The molecule has 0 radical (unpaired) electrons. The van der Waals surface area contributed by atoms with E-state index in [2.05, 4.69) is 10.5 Å². The van der Waals surface area contributed by atoms with Gasteiger partial charge in [-0.1, -0.05) is 19.0 Å². The summed E-state index contributed by atoms with van der Waals surface area (Å²) in [4.78, 5) is 22.7. The largest absolute Gasteiger partial charge is 0.480 e. The lowest BCUT2D eigenvalue weighted by atomic mass is 10.0. The minimum atomic E-state index is -1.04. The fourth-order valence-corrected chi connectivity index (χ4v) is 1.45. The highest BCUT2D eigenvalue weighted by atomic mass is 16.5. The number of rotatable bonds is 5. The molecular weight excluding hydrogens is 224 g/mol. The molecule has 0 aliphatic rings. The first-order valence-electron chi connectivity index (χ1n) is 5.36. The second-order valence-corrected chi connectivity index (χ2v) is 4.29. The number of hydrogen-bond donors (Lipinski definition) is 2. The van der Waals surface area contributed by atoms with Gasteiger partial charge in [0.25, 0.3) is 5.91 Å². The third kappa shape index (κ3) is 3.58. The lowest BCUT2D eigenvalue weighted by Crippen LogP contribution is -2.41. The normalized spacial score (nSPS) is 12.5. The number of carboxylic acids is 1. The quantitative estimate of drug-likeness (QED) is 0.807. The maximum Gasteiger partial charge on any atom is 0.326 e. The molecule has 0 bridgehead atoms. The Morgan fingerprint density at radius 3 is 2.59 bits per heavy atom. The van der Waals surface area contributed by atoms with Crippen molar-refractivity contribution >= 4 is 11.9 Å². The minimum Gasteiger partial charge on any atom is -0.480 e. The molecule has 2 N–H and O–H groups in total. The van der Waals surface area contributed by atoms with E-state index in [-0.39, 0.29) is 11.5 Å². The molecule has 1 rings (SSSR count). The lowest BCUT2D eigenvalue weighted by Gasteiger charge is -2.15. The van der Waals surface area contributed by atoms with Crippen molar-refractivity contribution in [1.29, 1.82) is 0 Å². The minimum absolute atomic E-state index is 0.181. The zero-order valence-corrected chi connectivity index (χ0v) is 10.1. The van der Waals surface area contributed by atoms with E-state index in [4.69, 9.17) is 9.63 Å². The third-order valence-corrected chi connectivity index (χ3v) is 2.31. The monoisotopic (exact) mass is 240 g/mol. The molecule has 0 spiro atoms. The van der Waals surface area contributed by atoms with Crippen LogP contribution >= 0.6 is 0 Å². The summed E-state index contributed by atoms with van der Waals surface area (Å²) in [6, 6.07) is -0.892. The first-order chi connectivity index (χ1) is 7.91. The van der Waals surface area contributed by atoms with Crippen molar-refractivity contribution in [2.24, 2.45) is 5.92 Å². The predicted octanol–water partition coefficient (Wildman–Crippen LogP) is 1.21. The Morgan fingerprint density at radius 1 is 1.53 bits per heavy atom. The second-order valence-electron chi connectivity index (χ2n) is 4.29. The zero-order chi connectivity index (χ0) is 13.0. The summed E-state index contributed by atoms with van der Waals surface area (Å²) in [5.74, 6) is -0.964. The number of amides is 1. The molecule has 0 aliphatic carbocycles. The molecule has 1 unspecified atom stereocenters. The second kappa shape index (κ2) is 5.47. The molecule has 6 nitrogen and oxygen atoms in total. The van der Waals surface area contributed by atoms with E-state index < -0.39 is 17.9 Å². The summed E-state index contributed by atoms with van der Waals surface area (Å²) < 4.78 is 4.75. The molecule has 1 amide bonds. The van der Waals surface area contributed by atoms with Gasteiger partial charge in [0.2, 0.25) is 0 Å². The summed E-state index contributed by atoms with van der Waals surface area (Å²) in [6.07, 6.45) is 1.66. The fourth-order valence-electron chi connectivity index (χ4n) is 1.45. The lowest BCUT2D eigenvalue weighted by molar-refractivity contribution is -0.139. The average Bonchev–Trinajstić information content (AvgIpc) is 2.62. The van der Waals surface area contributed by atoms with Gasteiger partial charge in [0.05, 0.1) is 6.20 Å². The maximum atomic E-state index is 11.7. The fraction of sp³-hybridized carbons (Fsp3) is 0.545. The van der Waals surface area contributed by atoms with Crippen molar-refractivity contribution in [2.75, 3.05) is 0 Å². The first kappa shape index (κ1) is 13.2. The third-order valence-electron chi connectivity index (χ3n) is 2.31. The number of nitrogens with zero attached hydrogens (tertiary/aromatic N) is 1. The molecule has 1 heterocycles. The molecule has 6 heteroatoms. The molecule has 0 saturated carbocycles. The smallest absolute Gasteiger partial charge is 0.326 e. The topological polar surface area (TPSA) is 92.4 Å². The molecule has 0 aromatic carbocycles. The van der Waals surface area contributed by atoms with Gasteiger partial charge in [0.15, 0.2) is 0 Å². The van der Waals surface area contributed by atoms with E-state index in [1.54, 1.807) is 6.92 Å². The van der Waals surface area contributed by atoms with Crippen molar-refractivity contribution in [3.8, 4) is 0 Å². The van der Waals surface area contributed by atoms with Gasteiger partial charge in [-0.05, 0) is 19.3 Å². The molecule has 1 atom stereocenters. The van der Waals surface area contributed by atoms with Gasteiger partial charge in [0.1, 0.15) is 17.4 Å². The van der Waals surface area contributed by atoms with Gasteiger partial charge in [-0.15, -0.1) is 0 Å². The Balaban J connectivity index is 2.71. The van der Waals surface area contributed by atoms with Crippen LogP contribution in [0, 0.1) is 12.8 Å². The van der Waals surface area contributed by atoms with Gasteiger partial charge in [-0.25, -0.2) is 4.79 Å². The van der Waals surface area contributed by atoms with Gasteiger partial charge >= 0.3 is 5.97 Å². The van der Waals surface area contributed by atoms with Crippen LogP contribution in [0.5, 0.6) is 0 Å². The number of nitrogens with one attached hydrogen (secondary N) is 1. The number of aliphatic carboxylic acids is 1. The van der Waals surface area contributed by atoms with Crippen LogP contribution in [-0.4, -0.2) is 28.2 Å². The number of aromatic nitrogens is 1. The average molecular weight is 240 g/mol.